The van der Waals surface area contributed by atoms with Crippen LogP contribution in [-0.2, 0) is 4.79 Å². The Morgan fingerprint density at radius 1 is 1.50 bits per heavy atom. The topological polar surface area (TPSA) is 63.3 Å². The Morgan fingerprint density at radius 3 is 2.00 bits per heavy atom. The maximum absolute atomic E-state index is 10.3. The quantitative estimate of drug-likeness (QED) is 0.566. The van der Waals surface area contributed by atoms with Crippen molar-refractivity contribution < 1.29 is 9.90 Å². The number of aliphatic carboxylic acids is 1. The summed E-state index contributed by atoms with van der Waals surface area (Å²) < 4.78 is 0. The van der Waals surface area contributed by atoms with Gasteiger partial charge in [-0.15, -0.1) is 0 Å². The molecule has 3 nitrogen and oxygen atoms in total. The molecule has 0 bridgehead atoms. The molecule has 0 saturated carbocycles. The van der Waals surface area contributed by atoms with Crippen molar-refractivity contribution in [2.75, 3.05) is 0 Å². The number of carboxylic acid groups (broad SMARTS) is 1. The van der Waals surface area contributed by atoms with E-state index in [4.69, 9.17) is 10.8 Å². The van der Waals surface area contributed by atoms with Gasteiger partial charge in [0.2, 0.25) is 0 Å². The average molecular weight is 143 g/mol. The number of hydrogen-bond donors (Lipinski definition) is 2. The molecule has 0 fully saturated rings. The van der Waals surface area contributed by atoms with E-state index in [0.29, 0.717) is 5.70 Å². The van der Waals surface area contributed by atoms with Crippen LogP contribution in [0.5, 0.6) is 0 Å². The lowest BCUT2D eigenvalue weighted by Gasteiger charge is -2.06. The molecule has 3 heteroatoms. The van der Waals surface area contributed by atoms with Gasteiger partial charge in [0.25, 0.3) is 0 Å². The van der Waals surface area contributed by atoms with E-state index >= 15 is 0 Å². The predicted molar refractivity (Wildman–Crippen MR) is 39.4 cm³/mol. The molecule has 3 N–H and O–H groups in total. The molecule has 0 atom stereocenters. The van der Waals surface area contributed by atoms with Gasteiger partial charge in [-0.3, -0.25) is 0 Å². The number of nitrogens with two attached hydrogens (primary N) is 1. The molecule has 58 valence electrons. The lowest BCUT2D eigenvalue weighted by Crippen LogP contribution is -2.12. The molecule has 0 aliphatic carbocycles. The highest BCUT2D eigenvalue weighted by molar-refractivity contribution is 5.86. The highest BCUT2D eigenvalue weighted by Gasteiger charge is 2.07. The highest BCUT2D eigenvalue weighted by Crippen LogP contribution is 2.07. The normalized spacial score (nSPS) is 13.2. The van der Waals surface area contributed by atoms with Gasteiger partial charge in [-0.1, -0.05) is 13.8 Å². The molecule has 0 saturated heterocycles. The molecule has 0 spiro atoms. The predicted octanol–water partition coefficient (Wildman–Crippen LogP) is 0.960. The molecule has 0 aromatic heterocycles. The van der Waals surface area contributed by atoms with Gasteiger partial charge < -0.3 is 10.8 Å². The van der Waals surface area contributed by atoms with Crippen molar-refractivity contribution in [2.45, 2.75) is 20.8 Å². The summed E-state index contributed by atoms with van der Waals surface area (Å²) in [4.78, 5) is 10.3. The minimum atomic E-state index is -0.939. The lowest BCUT2D eigenvalue weighted by atomic mass is 10.1. The number of carbonyl (C=O) groups is 1. The standard InChI is InChI=1S/C7H13NO2/c1-4(2)6(8)5(3)7(9)10/h4H,8H2,1-3H3,(H,9,10)/b6-5+. The van der Waals surface area contributed by atoms with E-state index < -0.39 is 5.97 Å². The molecule has 0 unspecified atom stereocenters. The largest absolute Gasteiger partial charge is 0.478 e. The van der Waals surface area contributed by atoms with Gasteiger partial charge in [-0.05, 0) is 12.8 Å². The van der Waals surface area contributed by atoms with Crippen LogP contribution in [0.3, 0.4) is 0 Å². The van der Waals surface area contributed by atoms with Crippen LogP contribution >= 0.6 is 0 Å². The minimum Gasteiger partial charge on any atom is -0.478 e. The summed E-state index contributed by atoms with van der Waals surface area (Å²) >= 11 is 0. The lowest BCUT2D eigenvalue weighted by molar-refractivity contribution is -0.132. The Hall–Kier alpha value is -0.990. The Morgan fingerprint density at radius 2 is 1.90 bits per heavy atom. The maximum atomic E-state index is 10.3. The van der Waals surface area contributed by atoms with E-state index in [2.05, 4.69) is 0 Å². The summed E-state index contributed by atoms with van der Waals surface area (Å²) in [5.74, 6) is -0.831. The van der Waals surface area contributed by atoms with Crippen LogP contribution in [0.15, 0.2) is 11.3 Å². The zero-order valence-corrected chi connectivity index (χ0v) is 6.51. The summed E-state index contributed by atoms with van der Waals surface area (Å²) in [5.41, 5.74) is 6.16. The molecule has 0 heterocycles. The SMILES string of the molecule is C/C(C(=O)O)=C(\N)C(C)C. The third kappa shape index (κ3) is 2.09. The third-order valence-corrected chi connectivity index (χ3v) is 1.38. The first-order chi connectivity index (χ1) is 4.46. The smallest absolute Gasteiger partial charge is 0.333 e. The van der Waals surface area contributed by atoms with Gasteiger partial charge in [0.1, 0.15) is 0 Å². The zero-order valence-electron chi connectivity index (χ0n) is 6.51. The van der Waals surface area contributed by atoms with Crippen LogP contribution < -0.4 is 5.73 Å². The molecule has 10 heavy (non-hydrogen) atoms. The van der Waals surface area contributed by atoms with Gasteiger partial charge in [0, 0.05) is 5.70 Å². The molecule has 0 rings (SSSR count). The van der Waals surface area contributed by atoms with Crippen LogP contribution in [0.25, 0.3) is 0 Å². The first-order valence-electron chi connectivity index (χ1n) is 3.16. The molecule has 0 aliphatic heterocycles. The average Bonchev–Trinajstić information content (AvgIpc) is 1.84. The maximum Gasteiger partial charge on any atom is 0.333 e. The Labute approximate surface area is 60.5 Å². The van der Waals surface area contributed by atoms with Crippen LogP contribution in [0, 0.1) is 5.92 Å². The monoisotopic (exact) mass is 143 g/mol. The second-order valence-corrected chi connectivity index (χ2v) is 2.54. The summed E-state index contributed by atoms with van der Waals surface area (Å²) in [6.07, 6.45) is 0. The zero-order chi connectivity index (χ0) is 8.31. The molecular formula is C7H13NO2. The Balaban J connectivity index is 4.50. The van der Waals surface area contributed by atoms with E-state index in [0.717, 1.165) is 0 Å². The minimum absolute atomic E-state index is 0.107. The fourth-order valence-electron chi connectivity index (χ4n) is 0.556. The number of carboxylic acids is 1. The van der Waals surface area contributed by atoms with Crippen molar-refractivity contribution in [2.24, 2.45) is 11.7 Å². The van der Waals surface area contributed by atoms with Gasteiger partial charge in [-0.25, -0.2) is 4.79 Å². The summed E-state index contributed by atoms with van der Waals surface area (Å²) in [5, 5.41) is 8.46. The van der Waals surface area contributed by atoms with Crippen molar-refractivity contribution >= 4 is 5.97 Å². The highest BCUT2D eigenvalue weighted by atomic mass is 16.4. The first kappa shape index (κ1) is 9.01. The molecule has 0 aliphatic rings. The molecule has 0 aromatic carbocycles. The van der Waals surface area contributed by atoms with Gasteiger partial charge in [0.05, 0.1) is 5.57 Å². The summed E-state index contributed by atoms with van der Waals surface area (Å²) in [7, 11) is 0. The van der Waals surface area contributed by atoms with Crippen molar-refractivity contribution in [1.82, 2.24) is 0 Å². The van der Waals surface area contributed by atoms with E-state index in [1.165, 1.54) is 6.92 Å². The van der Waals surface area contributed by atoms with Crippen LogP contribution in [-0.4, -0.2) is 11.1 Å². The van der Waals surface area contributed by atoms with E-state index in [-0.39, 0.29) is 11.5 Å². The van der Waals surface area contributed by atoms with Crippen molar-refractivity contribution in [3.05, 3.63) is 11.3 Å². The Kier molecular flexibility index (Phi) is 2.93. The van der Waals surface area contributed by atoms with Gasteiger partial charge in [-0.2, -0.15) is 0 Å². The van der Waals surface area contributed by atoms with Crippen molar-refractivity contribution in [3.8, 4) is 0 Å². The number of allylic oxidation sites excluding steroid dienone is 1. The second kappa shape index (κ2) is 3.25. The first-order valence-corrected chi connectivity index (χ1v) is 3.16. The number of rotatable bonds is 2. The van der Waals surface area contributed by atoms with E-state index in [9.17, 15) is 4.79 Å². The van der Waals surface area contributed by atoms with E-state index in [1.807, 2.05) is 13.8 Å². The molecule has 0 aromatic rings. The van der Waals surface area contributed by atoms with E-state index in [1.54, 1.807) is 0 Å². The number of hydrogen-bond acceptors (Lipinski definition) is 2. The Bertz CT molecular complexity index is 170. The van der Waals surface area contributed by atoms with Crippen molar-refractivity contribution in [1.29, 1.82) is 0 Å². The van der Waals surface area contributed by atoms with Crippen LogP contribution in [0.2, 0.25) is 0 Å². The second-order valence-electron chi connectivity index (χ2n) is 2.54. The fourth-order valence-corrected chi connectivity index (χ4v) is 0.556. The van der Waals surface area contributed by atoms with Crippen LogP contribution in [0.4, 0.5) is 0 Å². The van der Waals surface area contributed by atoms with Crippen molar-refractivity contribution in [3.63, 3.8) is 0 Å². The fraction of sp³-hybridized carbons (Fsp3) is 0.571. The molecular weight excluding hydrogens is 130 g/mol. The molecule has 0 amide bonds. The summed E-state index contributed by atoms with van der Waals surface area (Å²) in [6, 6.07) is 0. The summed E-state index contributed by atoms with van der Waals surface area (Å²) in [6.45, 7) is 5.24. The van der Waals surface area contributed by atoms with Gasteiger partial charge >= 0.3 is 5.97 Å². The van der Waals surface area contributed by atoms with Gasteiger partial charge in [0.15, 0.2) is 0 Å². The molecule has 0 radical (unpaired) electrons. The van der Waals surface area contributed by atoms with Crippen LogP contribution in [0.1, 0.15) is 20.8 Å². The third-order valence-electron chi connectivity index (χ3n) is 1.38.